The molecule has 0 spiro atoms. The molecule has 110 valence electrons. The van der Waals surface area contributed by atoms with Gasteiger partial charge in [-0.3, -0.25) is 0 Å². The van der Waals surface area contributed by atoms with E-state index in [-0.39, 0.29) is 5.92 Å². The van der Waals surface area contributed by atoms with E-state index in [9.17, 15) is 0 Å². The molecule has 5 heteroatoms. The van der Waals surface area contributed by atoms with E-state index >= 15 is 0 Å². The highest BCUT2D eigenvalue weighted by Gasteiger charge is 2.13. The first kappa shape index (κ1) is 16.1. The Morgan fingerprint density at radius 3 is 2.65 bits per heavy atom. The average Bonchev–Trinajstić information content (AvgIpc) is 2.43. The fourth-order valence-corrected chi connectivity index (χ4v) is 1.73. The first-order valence-electron chi connectivity index (χ1n) is 7.01. The van der Waals surface area contributed by atoms with Gasteiger partial charge in [-0.15, -0.1) is 0 Å². The Morgan fingerprint density at radius 2 is 2.10 bits per heavy atom. The minimum absolute atomic E-state index is 0.0469. The van der Waals surface area contributed by atoms with Crippen LogP contribution >= 0.6 is 0 Å². The molecule has 2 N–H and O–H groups in total. The summed E-state index contributed by atoms with van der Waals surface area (Å²) >= 11 is 0. The van der Waals surface area contributed by atoms with Gasteiger partial charge in [0.05, 0.1) is 24.3 Å². The zero-order valence-electron chi connectivity index (χ0n) is 12.8. The lowest BCUT2D eigenvalue weighted by Crippen LogP contribution is -2.28. The Bertz CT molecular complexity index is 467. The number of pyridine rings is 1. The van der Waals surface area contributed by atoms with Crippen molar-refractivity contribution in [2.45, 2.75) is 27.7 Å². The van der Waals surface area contributed by atoms with Gasteiger partial charge in [-0.2, -0.15) is 10.2 Å². The molecule has 1 rings (SSSR count). The third-order valence-corrected chi connectivity index (χ3v) is 2.85. The van der Waals surface area contributed by atoms with Gasteiger partial charge in [-0.1, -0.05) is 13.8 Å². The van der Waals surface area contributed by atoms with E-state index in [2.05, 4.69) is 29.8 Å². The second-order valence-corrected chi connectivity index (χ2v) is 5.34. The van der Waals surface area contributed by atoms with E-state index in [1.165, 1.54) is 0 Å². The molecule has 1 heterocycles. The molecule has 0 aromatic carbocycles. The van der Waals surface area contributed by atoms with Crippen LogP contribution in [0.15, 0.2) is 12.1 Å². The highest BCUT2D eigenvalue weighted by molar-refractivity contribution is 5.54. The van der Waals surface area contributed by atoms with Gasteiger partial charge in [0.15, 0.2) is 0 Å². The van der Waals surface area contributed by atoms with Crippen LogP contribution in [0, 0.1) is 23.2 Å². The first-order valence-corrected chi connectivity index (χ1v) is 7.01. The third kappa shape index (κ3) is 4.61. The quantitative estimate of drug-likeness (QED) is 0.828. The van der Waals surface area contributed by atoms with Crippen molar-refractivity contribution in [1.29, 1.82) is 5.26 Å². The molecule has 0 fully saturated rings. The fourth-order valence-electron chi connectivity index (χ4n) is 1.73. The Morgan fingerprint density at radius 1 is 1.40 bits per heavy atom. The Labute approximate surface area is 121 Å². The maximum Gasteiger partial charge on any atom is 0.239 e. The molecule has 0 aliphatic rings. The summed E-state index contributed by atoms with van der Waals surface area (Å²) in [6.45, 7) is 10.1. The molecule has 0 saturated heterocycles. The Balaban J connectivity index is 2.89. The lowest BCUT2D eigenvalue weighted by molar-refractivity contribution is 0.263. The number of ether oxygens (including phenoxy) is 1. The summed E-state index contributed by atoms with van der Waals surface area (Å²) in [6, 6.07) is 5.91. The molecule has 1 atom stereocenters. The van der Waals surface area contributed by atoms with E-state index in [4.69, 9.17) is 15.7 Å². The van der Waals surface area contributed by atoms with Crippen LogP contribution in [-0.4, -0.2) is 24.7 Å². The number of nitriles is 1. The maximum atomic E-state index is 8.93. The zero-order chi connectivity index (χ0) is 15.1. The van der Waals surface area contributed by atoms with Gasteiger partial charge >= 0.3 is 0 Å². The molecule has 0 aliphatic carbocycles. The van der Waals surface area contributed by atoms with Gasteiger partial charge in [-0.05, 0) is 31.9 Å². The average molecular weight is 276 g/mol. The van der Waals surface area contributed by atoms with Gasteiger partial charge < -0.3 is 15.4 Å². The molecule has 0 saturated carbocycles. The van der Waals surface area contributed by atoms with E-state index in [0.29, 0.717) is 30.6 Å². The van der Waals surface area contributed by atoms with Crippen molar-refractivity contribution in [3.05, 3.63) is 12.1 Å². The van der Waals surface area contributed by atoms with Gasteiger partial charge in [0.1, 0.15) is 5.82 Å². The molecule has 5 nitrogen and oxygen atoms in total. The largest absolute Gasteiger partial charge is 0.476 e. The predicted octanol–water partition coefficient (Wildman–Crippen LogP) is 2.68. The summed E-state index contributed by atoms with van der Waals surface area (Å²) in [5, 5.41) is 8.93. The number of anilines is 2. The zero-order valence-corrected chi connectivity index (χ0v) is 12.8. The molecule has 1 aromatic rings. The van der Waals surface area contributed by atoms with Crippen LogP contribution in [0.1, 0.15) is 27.7 Å². The van der Waals surface area contributed by atoms with Crippen LogP contribution in [-0.2, 0) is 0 Å². The fraction of sp³-hybridized carbons (Fsp3) is 0.600. The van der Waals surface area contributed by atoms with Crippen molar-refractivity contribution in [3.8, 4) is 11.9 Å². The number of nitrogen functional groups attached to an aromatic ring is 1. The van der Waals surface area contributed by atoms with E-state index in [1.54, 1.807) is 6.07 Å². The van der Waals surface area contributed by atoms with E-state index in [0.717, 1.165) is 12.4 Å². The molecule has 1 aromatic heterocycles. The van der Waals surface area contributed by atoms with Crippen LogP contribution in [0.25, 0.3) is 0 Å². The van der Waals surface area contributed by atoms with Crippen LogP contribution < -0.4 is 15.4 Å². The summed E-state index contributed by atoms with van der Waals surface area (Å²) in [6.07, 6.45) is 0. The molecule has 1 unspecified atom stereocenters. The summed E-state index contributed by atoms with van der Waals surface area (Å²) in [5.41, 5.74) is 6.43. The molecule has 0 amide bonds. The van der Waals surface area contributed by atoms with Crippen LogP contribution in [0.3, 0.4) is 0 Å². The van der Waals surface area contributed by atoms with Gasteiger partial charge in [0.2, 0.25) is 5.88 Å². The lowest BCUT2D eigenvalue weighted by Gasteiger charge is -2.23. The topological polar surface area (TPSA) is 75.2 Å². The van der Waals surface area contributed by atoms with Crippen molar-refractivity contribution in [2.75, 3.05) is 30.3 Å². The number of rotatable bonds is 7. The van der Waals surface area contributed by atoms with Crippen molar-refractivity contribution in [3.63, 3.8) is 0 Å². The first-order chi connectivity index (χ1) is 9.47. The number of aromatic nitrogens is 1. The number of nitrogens with two attached hydrogens (primary N) is 1. The SMILES string of the molecule is CCN(CC(C)C#N)c1ccc(N)c(OCC(C)C)n1. The summed E-state index contributed by atoms with van der Waals surface area (Å²) in [7, 11) is 0. The normalized spacial score (nSPS) is 12.0. The second-order valence-electron chi connectivity index (χ2n) is 5.34. The number of hydrogen-bond acceptors (Lipinski definition) is 5. The second kappa shape index (κ2) is 7.59. The lowest BCUT2D eigenvalue weighted by atomic mass is 10.2. The minimum atomic E-state index is -0.0469. The van der Waals surface area contributed by atoms with Crippen LogP contribution in [0.5, 0.6) is 5.88 Å². The van der Waals surface area contributed by atoms with Gasteiger partial charge in [0, 0.05) is 13.1 Å². The van der Waals surface area contributed by atoms with Crippen molar-refractivity contribution in [1.82, 2.24) is 4.98 Å². The number of nitrogens with zero attached hydrogens (tertiary/aromatic N) is 3. The summed E-state index contributed by atoms with van der Waals surface area (Å²) < 4.78 is 5.64. The van der Waals surface area contributed by atoms with Crippen LogP contribution in [0.2, 0.25) is 0 Å². The standard InChI is InChI=1S/C15H24N4O/c1-5-19(9-12(4)8-16)14-7-6-13(17)15(18-14)20-10-11(2)3/h6-7,11-12H,5,9-10,17H2,1-4H3. The van der Waals surface area contributed by atoms with Gasteiger partial charge in [-0.25, -0.2) is 0 Å². The Hall–Kier alpha value is -1.96. The molecule has 0 radical (unpaired) electrons. The minimum Gasteiger partial charge on any atom is -0.476 e. The molecule has 20 heavy (non-hydrogen) atoms. The monoisotopic (exact) mass is 276 g/mol. The smallest absolute Gasteiger partial charge is 0.239 e. The maximum absolute atomic E-state index is 8.93. The summed E-state index contributed by atoms with van der Waals surface area (Å²) in [4.78, 5) is 6.52. The van der Waals surface area contributed by atoms with E-state index in [1.807, 2.05) is 19.9 Å². The van der Waals surface area contributed by atoms with Gasteiger partial charge in [0.25, 0.3) is 0 Å². The predicted molar refractivity (Wildman–Crippen MR) is 81.6 cm³/mol. The summed E-state index contributed by atoms with van der Waals surface area (Å²) in [5.74, 6) is 1.64. The molecular weight excluding hydrogens is 252 g/mol. The van der Waals surface area contributed by atoms with Crippen molar-refractivity contribution in [2.24, 2.45) is 11.8 Å². The Kier molecular flexibility index (Phi) is 6.10. The number of hydrogen-bond donors (Lipinski definition) is 1. The molecule has 0 bridgehead atoms. The molecule has 0 aliphatic heterocycles. The highest BCUT2D eigenvalue weighted by atomic mass is 16.5. The van der Waals surface area contributed by atoms with E-state index < -0.39 is 0 Å². The third-order valence-electron chi connectivity index (χ3n) is 2.85. The molecular formula is C15H24N4O. The van der Waals surface area contributed by atoms with Crippen LogP contribution in [0.4, 0.5) is 11.5 Å². The van der Waals surface area contributed by atoms with Crippen molar-refractivity contribution < 1.29 is 4.74 Å². The highest BCUT2D eigenvalue weighted by Crippen LogP contribution is 2.24. The van der Waals surface area contributed by atoms with Crippen molar-refractivity contribution >= 4 is 11.5 Å².